The van der Waals surface area contributed by atoms with Gasteiger partial charge in [-0.2, -0.15) is 13.9 Å². The number of alkyl halides is 6. The summed E-state index contributed by atoms with van der Waals surface area (Å²) in [7, 11) is 0. The van der Waals surface area contributed by atoms with E-state index in [9.17, 15) is 31.1 Å². The Morgan fingerprint density at radius 3 is 2.44 bits per heavy atom. The number of likely N-dealkylation sites (tertiary alicyclic amines) is 1. The van der Waals surface area contributed by atoms with E-state index in [-0.39, 0.29) is 17.9 Å². The van der Waals surface area contributed by atoms with Crippen molar-refractivity contribution < 1.29 is 36.0 Å². The normalized spacial score (nSPS) is 19.9. The monoisotopic (exact) mass is 571 g/mol. The molecule has 1 saturated heterocycles. The molecule has 39 heavy (non-hydrogen) atoms. The largest absolute Gasteiger partial charge is 0.385 e. The molecule has 3 aromatic rings. The Hall–Kier alpha value is -3.26. The van der Waals surface area contributed by atoms with E-state index in [0.29, 0.717) is 54.4 Å². The molecule has 5 rings (SSSR count). The van der Waals surface area contributed by atoms with Gasteiger partial charge in [-0.05, 0) is 18.9 Å². The molecule has 1 aromatic carbocycles. The lowest BCUT2D eigenvalue weighted by Gasteiger charge is -2.35. The molecule has 7 nitrogen and oxygen atoms in total. The summed E-state index contributed by atoms with van der Waals surface area (Å²) < 4.78 is 83.5. The number of hydrogen-bond acceptors (Lipinski definition) is 7. The number of aldehydes is 1. The van der Waals surface area contributed by atoms with Crippen LogP contribution < -0.4 is 0 Å². The van der Waals surface area contributed by atoms with Gasteiger partial charge in [0.25, 0.3) is 12.9 Å². The maximum absolute atomic E-state index is 14.9. The molecule has 0 N–H and O–H groups in total. The van der Waals surface area contributed by atoms with E-state index in [0.717, 1.165) is 5.01 Å². The zero-order chi connectivity index (χ0) is 27.7. The highest BCUT2D eigenvalue weighted by Crippen LogP contribution is 2.39. The van der Waals surface area contributed by atoms with Gasteiger partial charge in [0.1, 0.15) is 17.1 Å². The standard InChI is InChI=1S/C25H23F6N5O2S/c26-22(27)17-10-19(23(28)29)36(33-17)21(12-37)35-8-6-14(7-9-35)24-32-18(13-39-24)16-11-20(38-34-16)25(30,31)15-4-2-1-3-5-15/h1-5,10,12-14,20-23H,6-9,11H2. The number of oxime groups is 1. The second-order valence-corrected chi connectivity index (χ2v) is 10.2. The van der Waals surface area contributed by atoms with Crippen LogP contribution in [0.25, 0.3) is 0 Å². The number of piperidine rings is 1. The van der Waals surface area contributed by atoms with E-state index in [1.807, 2.05) is 0 Å². The Balaban J connectivity index is 1.22. The van der Waals surface area contributed by atoms with Crippen molar-refractivity contribution in [3.8, 4) is 0 Å². The van der Waals surface area contributed by atoms with Crippen molar-refractivity contribution in [1.29, 1.82) is 0 Å². The third-order valence-corrected chi connectivity index (χ3v) is 7.91. The topological polar surface area (TPSA) is 72.6 Å². The summed E-state index contributed by atoms with van der Waals surface area (Å²) in [5, 5.41) is 9.91. The molecular formula is C25H23F6N5O2S. The van der Waals surface area contributed by atoms with Crippen molar-refractivity contribution in [2.24, 2.45) is 5.16 Å². The van der Waals surface area contributed by atoms with E-state index < -0.39 is 42.4 Å². The quantitative estimate of drug-likeness (QED) is 0.230. The minimum atomic E-state index is -3.23. The maximum Gasteiger partial charge on any atom is 0.312 e. The fourth-order valence-corrected chi connectivity index (χ4v) is 5.80. The van der Waals surface area contributed by atoms with Crippen molar-refractivity contribution in [3.05, 3.63) is 69.4 Å². The number of benzene rings is 1. The van der Waals surface area contributed by atoms with E-state index in [1.54, 1.807) is 16.3 Å². The van der Waals surface area contributed by atoms with E-state index in [2.05, 4.69) is 15.2 Å². The van der Waals surface area contributed by atoms with Crippen LogP contribution in [0.2, 0.25) is 0 Å². The highest BCUT2D eigenvalue weighted by molar-refractivity contribution is 7.10. The molecule has 0 aliphatic carbocycles. The van der Waals surface area contributed by atoms with Crippen LogP contribution in [0.15, 0.2) is 46.9 Å². The summed E-state index contributed by atoms with van der Waals surface area (Å²) >= 11 is 1.35. The first-order valence-corrected chi connectivity index (χ1v) is 13.0. The average Bonchev–Trinajstić information content (AvgIpc) is 3.70. The Kier molecular flexibility index (Phi) is 7.76. The predicted octanol–water partition coefficient (Wildman–Crippen LogP) is 6.08. The Labute approximate surface area is 223 Å². The summed E-state index contributed by atoms with van der Waals surface area (Å²) in [6.45, 7) is 0.621. The second-order valence-electron chi connectivity index (χ2n) is 9.30. The van der Waals surface area contributed by atoms with Gasteiger partial charge >= 0.3 is 5.92 Å². The minimum Gasteiger partial charge on any atom is -0.385 e. The first-order valence-electron chi connectivity index (χ1n) is 12.2. The number of nitrogens with zero attached hydrogens (tertiary/aromatic N) is 5. The van der Waals surface area contributed by atoms with Crippen LogP contribution in [0.1, 0.15) is 71.8 Å². The number of aromatic nitrogens is 3. The van der Waals surface area contributed by atoms with Crippen LogP contribution in [0.4, 0.5) is 26.3 Å². The van der Waals surface area contributed by atoms with Gasteiger partial charge in [-0.3, -0.25) is 9.69 Å². The molecule has 2 unspecified atom stereocenters. The average molecular weight is 572 g/mol. The molecular weight excluding hydrogens is 548 g/mol. The zero-order valence-corrected chi connectivity index (χ0v) is 21.1. The molecule has 0 amide bonds. The minimum absolute atomic E-state index is 0.0272. The number of carbonyl (C=O) groups is 1. The van der Waals surface area contributed by atoms with Crippen LogP contribution in [-0.2, 0) is 15.6 Å². The molecule has 1 fully saturated rings. The Morgan fingerprint density at radius 2 is 1.79 bits per heavy atom. The lowest BCUT2D eigenvalue weighted by atomic mass is 9.97. The highest BCUT2D eigenvalue weighted by atomic mass is 32.1. The maximum atomic E-state index is 14.9. The van der Waals surface area contributed by atoms with Gasteiger partial charge in [0.15, 0.2) is 12.5 Å². The number of rotatable bonds is 9. The van der Waals surface area contributed by atoms with Crippen LogP contribution >= 0.6 is 11.3 Å². The number of thiazole rings is 1. The molecule has 4 heterocycles. The zero-order valence-electron chi connectivity index (χ0n) is 20.3. The molecule has 0 bridgehead atoms. The van der Waals surface area contributed by atoms with Gasteiger partial charge in [0.2, 0.25) is 6.10 Å². The number of halogens is 6. The summed E-state index contributed by atoms with van der Waals surface area (Å²) in [4.78, 5) is 23.1. The molecule has 0 radical (unpaired) electrons. The van der Waals surface area contributed by atoms with Crippen molar-refractivity contribution in [2.45, 2.75) is 56.2 Å². The van der Waals surface area contributed by atoms with Gasteiger partial charge in [-0.1, -0.05) is 35.5 Å². The lowest BCUT2D eigenvalue weighted by molar-refractivity contribution is -0.131. The molecule has 2 aliphatic rings. The van der Waals surface area contributed by atoms with E-state index in [1.165, 1.54) is 35.6 Å². The fourth-order valence-electron chi connectivity index (χ4n) is 4.80. The van der Waals surface area contributed by atoms with Gasteiger partial charge in [-0.25, -0.2) is 27.2 Å². The first-order chi connectivity index (χ1) is 18.7. The van der Waals surface area contributed by atoms with Crippen molar-refractivity contribution in [1.82, 2.24) is 19.7 Å². The smallest absolute Gasteiger partial charge is 0.312 e. The highest BCUT2D eigenvalue weighted by Gasteiger charge is 2.47. The fraction of sp³-hybridized carbons (Fsp3) is 0.440. The van der Waals surface area contributed by atoms with Crippen molar-refractivity contribution in [2.75, 3.05) is 13.1 Å². The number of carbonyl (C=O) groups excluding carboxylic acids is 1. The van der Waals surface area contributed by atoms with Gasteiger partial charge in [0, 0.05) is 36.4 Å². The van der Waals surface area contributed by atoms with Gasteiger partial charge < -0.3 is 4.84 Å². The van der Waals surface area contributed by atoms with Gasteiger partial charge in [-0.15, -0.1) is 11.3 Å². The summed E-state index contributed by atoms with van der Waals surface area (Å²) in [5.41, 5.74) is -0.946. The van der Waals surface area contributed by atoms with Crippen LogP contribution in [-0.4, -0.2) is 50.9 Å². The predicted molar refractivity (Wildman–Crippen MR) is 129 cm³/mol. The van der Waals surface area contributed by atoms with Crippen LogP contribution in [0, 0.1) is 0 Å². The molecule has 2 atom stereocenters. The van der Waals surface area contributed by atoms with Gasteiger partial charge in [0.05, 0.1) is 10.7 Å². The van der Waals surface area contributed by atoms with Crippen LogP contribution in [0.3, 0.4) is 0 Å². The SMILES string of the molecule is O=CC(N1CCC(c2nc(C3=NOC(C(F)(F)c4ccccc4)C3)cs2)CC1)n1nc(C(F)F)cc1C(F)F. The van der Waals surface area contributed by atoms with E-state index in [4.69, 9.17) is 4.84 Å². The molecule has 208 valence electrons. The third-order valence-electron chi connectivity index (χ3n) is 6.91. The van der Waals surface area contributed by atoms with E-state index >= 15 is 0 Å². The third kappa shape index (κ3) is 5.44. The van der Waals surface area contributed by atoms with Crippen LogP contribution in [0.5, 0.6) is 0 Å². The molecule has 0 spiro atoms. The summed E-state index contributed by atoms with van der Waals surface area (Å²) in [6, 6.07) is 8.00. The first kappa shape index (κ1) is 27.3. The van der Waals surface area contributed by atoms with Crippen molar-refractivity contribution >= 4 is 23.3 Å². The number of hydrogen-bond donors (Lipinski definition) is 0. The second kappa shape index (κ2) is 11.1. The molecule has 0 saturated carbocycles. The summed E-state index contributed by atoms with van der Waals surface area (Å²) in [5.74, 6) is -3.26. The summed E-state index contributed by atoms with van der Waals surface area (Å²) in [6.07, 6.45) is -7.48. The molecule has 2 aromatic heterocycles. The molecule has 14 heteroatoms. The van der Waals surface area contributed by atoms with Crippen molar-refractivity contribution in [3.63, 3.8) is 0 Å². The Morgan fingerprint density at radius 1 is 1.08 bits per heavy atom. The molecule has 2 aliphatic heterocycles. The lowest BCUT2D eigenvalue weighted by Crippen LogP contribution is -2.40. The Bertz CT molecular complexity index is 1320.